The van der Waals surface area contributed by atoms with E-state index in [0.717, 1.165) is 0 Å². The molecule has 2 aromatic heterocycles. The Morgan fingerprint density at radius 2 is 1.72 bits per heavy atom. The number of anilines is 1. The molecule has 1 atom stereocenters. The number of benzene rings is 3. The molecular weight excluding hydrogens is 586 g/mol. The predicted octanol–water partition coefficient (Wildman–Crippen LogP) is 5.57. The smallest absolute Gasteiger partial charge is 0.338 e. The fourth-order valence-electron chi connectivity index (χ4n) is 4.98. The Hall–Kier alpha value is -4.99. The number of amides is 1. The van der Waals surface area contributed by atoms with E-state index in [9.17, 15) is 14.4 Å². The van der Waals surface area contributed by atoms with Crippen LogP contribution >= 0.6 is 22.9 Å². The molecule has 0 bridgehead atoms. The van der Waals surface area contributed by atoms with Gasteiger partial charge in [0.2, 0.25) is 0 Å². The number of carbonyl (C=O) groups excluding carboxylic acids is 2. The zero-order chi connectivity index (χ0) is 30.1. The molecule has 1 N–H and O–H groups in total. The Labute approximate surface area is 254 Å². The number of rotatable bonds is 6. The number of thiazole rings is 1. The lowest BCUT2D eigenvalue weighted by Gasteiger charge is -2.25. The van der Waals surface area contributed by atoms with E-state index in [-0.39, 0.29) is 11.5 Å². The van der Waals surface area contributed by atoms with E-state index in [1.165, 1.54) is 23.0 Å². The second kappa shape index (κ2) is 11.7. The number of halogens is 1. The minimum absolute atomic E-state index is 0.325. The average Bonchev–Trinajstić information content (AvgIpc) is 3.61. The number of carbonyl (C=O) groups is 2. The van der Waals surface area contributed by atoms with Crippen molar-refractivity contribution < 1.29 is 18.7 Å². The molecule has 8 nitrogen and oxygen atoms in total. The molecule has 1 aliphatic rings. The van der Waals surface area contributed by atoms with Crippen molar-refractivity contribution in [1.29, 1.82) is 0 Å². The molecule has 6 rings (SSSR count). The molecule has 5 aromatic rings. The third-order valence-corrected chi connectivity index (χ3v) is 8.22. The van der Waals surface area contributed by atoms with E-state index < -0.39 is 12.0 Å². The third-order valence-electron chi connectivity index (χ3n) is 6.98. The number of aromatic nitrogens is 1. The van der Waals surface area contributed by atoms with Gasteiger partial charge < -0.3 is 14.5 Å². The third kappa shape index (κ3) is 5.48. The van der Waals surface area contributed by atoms with Gasteiger partial charge in [0.1, 0.15) is 11.5 Å². The Kier molecular flexibility index (Phi) is 7.67. The number of nitrogens with zero attached hydrogens (tertiary/aromatic N) is 2. The molecule has 0 aliphatic carbocycles. The lowest BCUT2D eigenvalue weighted by atomic mass is 9.95. The van der Waals surface area contributed by atoms with Crippen molar-refractivity contribution in [3.8, 4) is 11.3 Å². The van der Waals surface area contributed by atoms with Crippen LogP contribution in [0.5, 0.6) is 0 Å². The first-order valence-electron chi connectivity index (χ1n) is 13.3. The van der Waals surface area contributed by atoms with E-state index in [2.05, 4.69) is 10.3 Å². The topological polar surface area (TPSA) is 103 Å². The number of hydrogen-bond donors (Lipinski definition) is 1. The Morgan fingerprint density at radius 3 is 2.47 bits per heavy atom. The number of nitrogens with one attached hydrogen (secondary N) is 1. The molecule has 0 unspecified atom stereocenters. The maximum atomic E-state index is 14.0. The van der Waals surface area contributed by atoms with Crippen LogP contribution in [0.1, 0.15) is 34.6 Å². The summed E-state index contributed by atoms with van der Waals surface area (Å²) in [6.45, 7) is 1.76. The molecule has 3 heterocycles. The van der Waals surface area contributed by atoms with Gasteiger partial charge in [-0.1, -0.05) is 71.5 Å². The monoisotopic (exact) mass is 609 g/mol. The molecule has 0 radical (unpaired) electrons. The highest BCUT2D eigenvalue weighted by Crippen LogP contribution is 2.32. The first kappa shape index (κ1) is 28.1. The van der Waals surface area contributed by atoms with Crippen LogP contribution in [0.4, 0.5) is 5.69 Å². The first-order valence-corrected chi connectivity index (χ1v) is 14.5. The lowest BCUT2D eigenvalue weighted by Crippen LogP contribution is -2.40. The number of para-hydroxylation sites is 1. The van der Waals surface area contributed by atoms with Gasteiger partial charge in [0.25, 0.3) is 11.5 Å². The molecule has 1 aliphatic heterocycles. The molecule has 10 heteroatoms. The molecule has 43 heavy (non-hydrogen) atoms. The van der Waals surface area contributed by atoms with Crippen molar-refractivity contribution in [2.24, 2.45) is 4.99 Å². The van der Waals surface area contributed by atoms with Gasteiger partial charge in [-0.2, -0.15) is 0 Å². The van der Waals surface area contributed by atoms with E-state index in [0.29, 0.717) is 59.5 Å². The highest BCUT2D eigenvalue weighted by atomic mass is 35.5. The van der Waals surface area contributed by atoms with Crippen molar-refractivity contribution in [2.45, 2.75) is 13.0 Å². The molecule has 1 amide bonds. The molecule has 0 spiro atoms. The predicted molar refractivity (Wildman–Crippen MR) is 166 cm³/mol. The fraction of sp³-hybridized carbons (Fsp3) is 0.0909. The zero-order valence-corrected chi connectivity index (χ0v) is 24.6. The van der Waals surface area contributed by atoms with Gasteiger partial charge in [0.05, 0.1) is 34.5 Å². The van der Waals surface area contributed by atoms with E-state index in [1.54, 1.807) is 85.8 Å². The normalized spacial score (nSPS) is 14.7. The second-order valence-electron chi connectivity index (χ2n) is 9.69. The summed E-state index contributed by atoms with van der Waals surface area (Å²) in [5.41, 5.74) is 2.81. The number of fused-ring (bicyclic) bond motifs is 1. The van der Waals surface area contributed by atoms with Gasteiger partial charge in [0, 0.05) is 22.3 Å². The van der Waals surface area contributed by atoms with Gasteiger partial charge >= 0.3 is 5.97 Å². The summed E-state index contributed by atoms with van der Waals surface area (Å²) in [7, 11) is 1.32. The number of methoxy groups -OCH3 is 1. The van der Waals surface area contributed by atoms with Crippen molar-refractivity contribution in [3.05, 3.63) is 144 Å². The summed E-state index contributed by atoms with van der Waals surface area (Å²) in [6, 6.07) is 25.9. The fourth-order valence-corrected chi connectivity index (χ4v) is 6.14. The Morgan fingerprint density at radius 1 is 1.00 bits per heavy atom. The lowest BCUT2D eigenvalue weighted by molar-refractivity contribution is -0.113. The summed E-state index contributed by atoms with van der Waals surface area (Å²) >= 11 is 7.37. The largest absolute Gasteiger partial charge is 0.465 e. The van der Waals surface area contributed by atoms with Crippen LogP contribution in [-0.4, -0.2) is 23.6 Å². The quantitative estimate of drug-likeness (QED) is 0.253. The SMILES string of the molecule is COC(=O)c1ccccc1-c1ccc(/C=c2/sc3n(c2=O)[C@H](c2ccc(Cl)cc2)C(C(=O)Nc2ccccc2)=C(C)N=3)o1. The molecule has 0 saturated heterocycles. The van der Waals surface area contributed by atoms with Crippen LogP contribution in [-0.2, 0) is 9.53 Å². The van der Waals surface area contributed by atoms with Crippen molar-refractivity contribution >= 4 is 46.6 Å². The summed E-state index contributed by atoms with van der Waals surface area (Å²) in [5, 5.41) is 3.47. The molecule has 3 aromatic carbocycles. The second-order valence-corrected chi connectivity index (χ2v) is 11.1. The number of furan rings is 1. The minimum atomic E-state index is -0.738. The standard InChI is InChI=1S/C33H24ClN3O5S/c1-19-28(30(38)36-22-8-4-3-5-9-22)29(20-12-14-21(34)15-13-20)37-31(39)27(43-33(37)35-19)18-23-16-17-26(42-23)24-10-6-7-11-25(24)32(40)41-2/h3-18,29H,1-2H3,(H,36,38)/b27-18+/t29-/m1/s1. The number of allylic oxidation sites excluding steroid dienone is 1. The summed E-state index contributed by atoms with van der Waals surface area (Å²) in [6.07, 6.45) is 1.63. The van der Waals surface area contributed by atoms with Crippen molar-refractivity contribution in [1.82, 2.24) is 4.57 Å². The highest BCUT2D eigenvalue weighted by Gasteiger charge is 2.32. The number of ether oxygens (including phenoxy) is 1. The van der Waals surface area contributed by atoms with E-state index >= 15 is 0 Å². The molecular formula is C33H24ClN3O5S. The van der Waals surface area contributed by atoms with Crippen LogP contribution in [0.15, 0.2) is 116 Å². The van der Waals surface area contributed by atoms with E-state index in [1.807, 2.05) is 18.2 Å². The minimum Gasteiger partial charge on any atom is -0.465 e. The van der Waals surface area contributed by atoms with Crippen molar-refractivity contribution in [3.63, 3.8) is 0 Å². The number of esters is 1. The van der Waals surface area contributed by atoms with E-state index in [4.69, 9.17) is 20.8 Å². The average molecular weight is 610 g/mol. The van der Waals surface area contributed by atoms with Crippen LogP contribution in [0.2, 0.25) is 5.02 Å². The van der Waals surface area contributed by atoms with Crippen LogP contribution in [0.3, 0.4) is 0 Å². The van der Waals surface area contributed by atoms with Crippen molar-refractivity contribution in [2.75, 3.05) is 12.4 Å². The van der Waals surface area contributed by atoms with Gasteiger partial charge in [-0.05, 0) is 55.0 Å². The number of hydrogen-bond acceptors (Lipinski definition) is 7. The van der Waals surface area contributed by atoms with Gasteiger partial charge in [0.15, 0.2) is 4.80 Å². The van der Waals surface area contributed by atoms with Crippen LogP contribution < -0.4 is 20.2 Å². The highest BCUT2D eigenvalue weighted by molar-refractivity contribution is 7.07. The van der Waals surface area contributed by atoms with Gasteiger partial charge in [-0.25, -0.2) is 9.79 Å². The summed E-state index contributed by atoms with van der Waals surface area (Å²) < 4.78 is 12.8. The molecule has 0 saturated carbocycles. The maximum absolute atomic E-state index is 14.0. The maximum Gasteiger partial charge on any atom is 0.338 e. The first-order chi connectivity index (χ1) is 20.8. The zero-order valence-electron chi connectivity index (χ0n) is 23.0. The molecule has 0 fully saturated rings. The van der Waals surface area contributed by atoms with Gasteiger partial charge in [-0.15, -0.1) is 0 Å². The van der Waals surface area contributed by atoms with Crippen LogP contribution in [0.25, 0.3) is 17.4 Å². The Balaban J connectivity index is 1.44. The Bertz CT molecular complexity index is 2070. The van der Waals surface area contributed by atoms with Gasteiger partial charge in [-0.3, -0.25) is 14.2 Å². The molecule has 214 valence electrons. The summed E-state index contributed by atoms with van der Waals surface area (Å²) in [4.78, 5) is 45.0. The van der Waals surface area contributed by atoms with Crippen LogP contribution in [0, 0.1) is 0 Å². The summed E-state index contributed by atoms with van der Waals surface area (Å²) in [5.74, 6) is 0.0312.